The number of carbonyl (C=O) groups is 1. The summed E-state index contributed by atoms with van der Waals surface area (Å²) in [5, 5.41) is 5.96. The molecule has 1 aliphatic heterocycles. The number of aryl methyl sites for hydroxylation is 2. The molecule has 1 aliphatic rings. The zero-order valence-corrected chi connectivity index (χ0v) is 18.7. The Morgan fingerprint density at radius 2 is 2.06 bits per heavy atom. The van der Waals surface area contributed by atoms with E-state index in [2.05, 4.69) is 19.9 Å². The summed E-state index contributed by atoms with van der Waals surface area (Å²) in [6.07, 6.45) is 5.49. The Bertz CT molecular complexity index is 1240. The highest BCUT2D eigenvalue weighted by atomic mass is 32.1. The molecule has 0 radical (unpaired) electrons. The maximum atomic E-state index is 12.8. The number of amides is 1. The fraction of sp³-hybridized carbons (Fsp3) is 0.240. The molecule has 4 aromatic rings. The van der Waals surface area contributed by atoms with Gasteiger partial charge in [-0.3, -0.25) is 4.79 Å². The maximum absolute atomic E-state index is 12.8. The molecule has 0 unspecified atom stereocenters. The van der Waals surface area contributed by atoms with E-state index in [1.807, 2.05) is 54.9 Å². The smallest absolute Gasteiger partial charge is 0.255 e. The van der Waals surface area contributed by atoms with Crippen LogP contribution in [0.5, 0.6) is 5.75 Å². The summed E-state index contributed by atoms with van der Waals surface area (Å²) in [4.78, 5) is 21.8. The SMILES string of the molecule is Cc1nc(COc2cccc(C(=O)Nc3ccc(-c4ncc5n4CCCC5)cc3)c2)cs1. The molecule has 0 bridgehead atoms. The van der Waals surface area contributed by atoms with Crippen LogP contribution in [0.25, 0.3) is 11.4 Å². The lowest BCUT2D eigenvalue weighted by atomic mass is 10.1. The molecule has 0 spiro atoms. The Kier molecular flexibility index (Phi) is 5.73. The second-order valence-corrected chi connectivity index (χ2v) is 8.95. The first kappa shape index (κ1) is 20.5. The molecule has 0 fully saturated rings. The quantitative estimate of drug-likeness (QED) is 0.427. The third kappa shape index (κ3) is 4.43. The average molecular weight is 445 g/mol. The molecule has 2 aromatic heterocycles. The first-order valence-corrected chi connectivity index (χ1v) is 11.6. The Hall–Kier alpha value is -3.45. The standard InChI is InChI=1S/C25H24N4O2S/c1-17-27-21(16-32-17)15-31-23-7-4-5-19(13-23)25(30)28-20-10-8-18(9-11-20)24-26-14-22-6-2-3-12-29(22)24/h4-5,7-11,13-14,16H,2-3,6,12,15H2,1H3,(H,28,30). The number of thiazole rings is 1. The third-order valence-electron chi connectivity index (χ3n) is 5.55. The molecule has 162 valence electrons. The van der Waals surface area contributed by atoms with Crippen molar-refractivity contribution in [2.24, 2.45) is 0 Å². The Balaban J connectivity index is 1.24. The molecule has 6 nitrogen and oxygen atoms in total. The number of aromatic nitrogens is 3. The van der Waals surface area contributed by atoms with Gasteiger partial charge in [0, 0.05) is 40.6 Å². The molecule has 32 heavy (non-hydrogen) atoms. The highest BCUT2D eigenvalue weighted by Gasteiger charge is 2.15. The zero-order chi connectivity index (χ0) is 21.9. The topological polar surface area (TPSA) is 69.0 Å². The van der Waals surface area contributed by atoms with E-state index in [1.165, 1.54) is 18.5 Å². The Morgan fingerprint density at radius 1 is 1.19 bits per heavy atom. The van der Waals surface area contributed by atoms with Crippen molar-refractivity contribution in [2.75, 3.05) is 5.32 Å². The van der Waals surface area contributed by atoms with Crippen LogP contribution >= 0.6 is 11.3 Å². The molecule has 3 heterocycles. The number of rotatable bonds is 6. The summed E-state index contributed by atoms with van der Waals surface area (Å²) in [5.41, 5.74) is 4.54. The van der Waals surface area contributed by atoms with E-state index in [9.17, 15) is 4.79 Å². The van der Waals surface area contributed by atoms with Crippen LogP contribution in [0.1, 0.15) is 39.6 Å². The van der Waals surface area contributed by atoms with Gasteiger partial charge in [-0.2, -0.15) is 0 Å². The van der Waals surface area contributed by atoms with Crippen molar-refractivity contribution in [1.82, 2.24) is 14.5 Å². The van der Waals surface area contributed by atoms with E-state index in [0.717, 1.165) is 40.7 Å². The lowest BCUT2D eigenvalue weighted by Gasteiger charge is -2.16. The van der Waals surface area contributed by atoms with Crippen LogP contribution in [0.2, 0.25) is 0 Å². The number of fused-ring (bicyclic) bond motifs is 1. The summed E-state index contributed by atoms with van der Waals surface area (Å²) in [5.74, 6) is 1.46. The van der Waals surface area contributed by atoms with Crippen molar-refractivity contribution in [3.8, 4) is 17.1 Å². The number of anilines is 1. The number of hydrogen-bond acceptors (Lipinski definition) is 5. The lowest BCUT2D eigenvalue weighted by molar-refractivity contribution is 0.102. The maximum Gasteiger partial charge on any atom is 0.255 e. The highest BCUT2D eigenvalue weighted by molar-refractivity contribution is 7.09. The summed E-state index contributed by atoms with van der Waals surface area (Å²) in [6.45, 7) is 3.37. The number of hydrogen-bond donors (Lipinski definition) is 1. The van der Waals surface area contributed by atoms with Crippen LogP contribution in [0.3, 0.4) is 0 Å². The molecule has 7 heteroatoms. The van der Waals surface area contributed by atoms with E-state index in [0.29, 0.717) is 17.9 Å². The molecular weight excluding hydrogens is 420 g/mol. The van der Waals surface area contributed by atoms with Crippen LogP contribution in [0.15, 0.2) is 60.1 Å². The van der Waals surface area contributed by atoms with Crippen molar-refractivity contribution in [3.63, 3.8) is 0 Å². The molecule has 1 amide bonds. The van der Waals surface area contributed by atoms with E-state index in [4.69, 9.17) is 4.74 Å². The van der Waals surface area contributed by atoms with Crippen LogP contribution < -0.4 is 10.1 Å². The predicted octanol–water partition coefficient (Wildman–Crippen LogP) is 5.48. The molecule has 0 atom stereocenters. The Morgan fingerprint density at radius 3 is 2.88 bits per heavy atom. The first-order chi connectivity index (χ1) is 15.7. The van der Waals surface area contributed by atoms with E-state index < -0.39 is 0 Å². The number of nitrogens with one attached hydrogen (secondary N) is 1. The minimum atomic E-state index is -0.175. The van der Waals surface area contributed by atoms with Crippen molar-refractivity contribution in [3.05, 3.63) is 82.1 Å². The number of imidazole rings is 1. The van der Waals surface area contributed by atoms with E-state index in [1.54, 1.807) is 23.5 Å². The molecular formula is C25H24N4O2S. The van der Waals surface area contributed by atoms with Crippen molar-refractivity contribution in [1.29, 1.82) is 0 Å². The van der Waals surface area contributed by atoms with Crippen LogP contribution in [0, 0.1) is 6.92 Å². The van der Waals surface area contributed by atoms with E-state index in [-0.39, 0.29) is 5.91 Å². The Labute approximate surface area is 190 Å². The van der Waals surface area contributed by atoms with Crippen LogP contribution in [0.4, 0.5) is 5.69 Å². The molecule has 5 rings (SSSR count). The van der Waals surface area contributed by atoms with Crippen LogP contribution in [-0.4, -0.2) is 20.4 Å². The minimum absolute atomic E-state index is 0.175. The van der Waals surface area contributed by atoms with Gasteiger partial charge in [0.1, 0.15) is 18.2 Å². The van der Waals surface area contributed by atoms with Crippen molar-refractivity contribution < 1.29 is 9.53 Å². The third-order valence-corrected chi connectivity index (χ3v) is 6.38. The second-order valence-electron chi connectivity index (χ2n) is 7.89. The predicted molar refractivity (Wildman–Crippen MR) is 126 cm³/mol. The van der Waals surface area contributed by atoms with Crippen LogP contribution in [-0.2, 0) is 19.6 Å². The summed E-state index contributed by atoms with van der Waals surface area (Å²) in [6, 6.07) is 15.0. The largest absolute Gasteiger partial charge is 0.487 e. The van der Waals surface area contributed by atoms with Gasteiger partial charge in [-0.05, 0) is 68.7 Å². The number of benzene rings is 2. The van der Waals surface area contributed by atoms with Gasteiger partial charge in [-0.25, -0.2) is 9.97 Å². The summed E-state index contributed by atoms with van der Waals surface area (Å²) < 4.78 is 8.10. The van der Waals surface area contributed by atoms with Gasteiger partial charge in [0.25, 0.3) is 5.91 Å². The summed E-state index contributed by atoms with van der Waals surface area (Å²) >= 11 is 1.59. The fourth-order valence-corrected chi connectivity index (χ4v) is 4.53. The molecule has 0 saturated heterocycles. The normalized spacial score (nSPS) is 12.9. The van der Waals surface area contributed by atoms with Gasteiger partial charge in [-0.15, -0.1) is 11.3 Å². The monoisotopic (exact) mass is 444 g/mol. The molecule has 1 N–H and O–H groups in total. The van der Waals surface area contributed by atoms with E-state index >= 15 is 0 Å². The van der Waals surface area contributed by atoms with Gasteiger partial charge < -0.3 is 14.6 Å². The van der Waals surface area contributed by atoms with Crippen molar-refractivity contribution >= 4 is 22.9 Å². The van der Waals surface area contributed by atoms with Gasteiger partial charge in [0.2, 0.25) is 0 Å². The average Bonchev–Trinajstić information content (AvgIpc) is 3.44. The molecule has 2 aromatic carbocycles. The van der Waals surface area contributed by atoms with Crippen molar-refractivity contribution in [2.45, 2.75) is 39.3 Å². The van der Waals surface area contributed by atoms with Gasteiger partial charge in [0.05, 0.1) is 10.7 Å². The minimum Gasteiger partial charge on any atom is -0.487 e. The zero-order valence-electron chi connectivity index (χ0n) is 17.9. The summed E-state index contributed by atoms with van der Waals surface area (Å²) in [7, 11) is 0. The molecule has 0 aliphatic carbocycles. The van der Waals surface area contributed by atoms with Gasteiger partial charge >= 0.3 is 0 Å². The lowest BCUT2D eigenvalue weighted by Crippen LogP contribution is -2.12. The first-order valence-electron chi connectivity index (χ1n) is 10.8. The second kappa shape index (κ2) is 8.96. The highest BCUT2D eigenvalue weighted by Crippen LogP contribution is 2.26. The van der Waals surface area contributed by atoms with Gasteiger partial charge in [-0.1, -0.05) is 6.07 Å². The number of ether oxygens (including phenoxy) is 1. The van der Waals surface area contributed by atoms with Gasteiger partial charge in [0.15, 0.2) is 0 Å². The molecule has 0 saturated carbocycles. The number of nitrogens with zero attached hydrogens (tertiary/aromatic N) is 3. The fourth-order valence-electron chi connectivity index (χ4n) is 3.93. The number of carbonyl (C=O) groups excluding carboxylic acids is 1.